The molecular weight excluding hydrogens is 293 g/mol. The molecule has 0 N–H and O–H groups in total. The van der Waals surface area contributed by atoms with E-state index in [9.17, 15) is 18.0 Å². The number of hydrogen-bond acceptors (Lipinski definition) is 2. The summed E-state index contributed by atoms with van der Waals surface area (Å²) in [5.74, 6) is -1.73. The number of carbonyl (C=O) groups is 1. The Hall–Kier alpha value is -1.75. The molecule has 0 fully saturated rings. The van der Waals surface area contributed by atoms with Crippen LogP contribution < -0.4 is 0 Å². The van der Waals surface area contributed by atoms with Gasteiger partial charge >= 0.3 is 12.1 Å². The number of carbonyl (C=O) groups excluding carboxylic acids is 1. The molecule has 0 aliphatic carbocycles. The predicted octanol–water partition coefficient (Wildman–Crippen LogP) is 4.23. The van der Waals surface area contributed by atoms with Gasteiger partial charge in [0, 0.05) is 5.56 Å². The Morgan fingerprint density at radius 1 is 1.15 bits per heavy atom. The molecular formula is C14H10ClF3O2. The lowest BCUT2D eigenvalue weighted by molar-refractivity contribution is -0.222. The number of rotatable bonds is 3. The molecule has 0 saturated heterocycles. The lowest BCUT2D eigenvalue weighted by Crippen LogP contribution is -2.26. The van der Waals surface area contributed by atoms with Crippen LogP contribution >= 0.6 is 11.6 Å². The smallest absolute Gasteiger partial charge is 0.429 e. The quantitative estimate of drug-likeness (QED) is 0.626. The van der Waals surface area contributed by atoms with E-state index in [1.807, 2.05) is 0 Å². The fourth-order valence-corrected chi connectivity index (χ4v) is 1.92. The second-order valence-corrected chi connectivity index (χ2v) is 4.42. The minimum absolute atomic E-state index is 0.130. The minimum Gasteiger partial charge on any atom is -0.447 e. The maximum absolute atomic E-state index is 13.0. The molecule has 6 heteroatoms. The van der Waals surface area contributed by atoms with Crippen LogP contribution in [0.3, 0.4) is 0 Å². The molecule has 2 rings (SSSR count). The van der Waals surface area contributed by atoms with Gasteiger partial charge in [-0.2, -0.15) is 13.2 Å². The molecule has 106 valence electrons. The zero-order chi connectivity index (χ0) is 14.8. The maximum atomic E-state index is 13.0. The molecule has 2 aromatic rings. The van der Waals surface area contributed by atoms with Crippen molar-refractivity contribution >= 4 is 28.3 Å². The van der Waals surface area contributed by atoms with Crippen LogP contribution in [0.4, 0.5) is 13.2 Å². The van der Waals surface area contributed by atoms with Crippen molar-refractivity contribution in [2.75, 3.05) is 5.88 Å². The van der Waals surface area contributed by atoms with Gasteiger partial charge in [-0.05, 0) is 16.8 Å². The van der Waals surface area contributed by atoms with Crippen LogP contribution in [0, 0.1) is 0 Å². The molecule has 0 bridgehead atoms. The third-order valence-electron chi connectivity index (χ3n) is 2.73. The highest BCUT2D eigenvalue weighted by atomic mass is 35.5. The van der Waals surface area contributed by atoms with Gasteiger partial charge < -0.3 is 4.74 Å². The van der Waals surface area contributed by atoms with Crippen molar-refractivity contribution in [3.05, 3.63) is 48.0 Å². The van der Waals surface area contributed by atoms with Gasteiger partial charge in [0.2, 0.25) is 6.10 Å². The van der Waals surface area contributed by atoms with Crippen LogP contribution in [0.2, 0.25) is 0 Å². The van der Waals surface area contributed by atoms with Gasteiger partial charge in [0.25, 0.3) is 0 Å². The van der Waals surface area contributed by atoms with E-state index in [1.54, 1.807) is 30.3 Å². The Morgan fingerprint density at radius 3 is 2.40 bits per heavy atom. The fourth-order valence-electron chi connectivity index (χ4n) is 1.86. The second kappa shape index (κ2) is 5.71. The van der Waals surface area contributed by atoms with Gasteiger partial charge in [0.05, 0.1) is 0 Å². The van der Waals surface area contributed by atoms with Crippen LogP contribution in [0.15, 0.2) is 42.5 Å². The Morgan fingerprint density at radius 2 is 1.80 bits per heavy atom. The van der Waals surface area contributed by atoms with Crippen LogP contribution in [0.5, 0.6) is 0 Å². The molecule has 2 nitrogen and oxygen atoms in total. The Balaban J connectivity index is 2.42. The van der Waals surface area contributed by atoms with Crippen LogP contribution in [0.1, 0.15) is 11.7 Å². The predicted molar refractivity (Wildman–Crippen MR) is 69.6 cm³/mol. The van der Waals surface area contributed by atoms with Crippen LogP contribution in [-0.2, 0) is 9.53 Å². The van der Waals surface area contributed by atoms with Gasteiger partial charge in [-0.1, -0.05) is 36.4 Å². The van der Waals surface area contributed by atoms with Crippen molar-refractivity contribution in [3.63, 3.8) is 0 Å². The summed E-state index contributed by atoms with van der Waals surface area (Å²) in [6.07, 6.45) is -7.00. The molecule has 0 amide bonds. The van der Waals surface area contributed by atoms with E-state index < -0.39 is 24.1 Å². The first kappa shape index (κ1) is 14.7. The third kappa shape index (κ3) is 3.22. The maximum Gasteiger partial charge on any atom is 0.429 e. The van der Waals surface area contributed by atoms with Crippen LogP contribution in [-0.4, -0.2) is 18.0 Å². The zero-order valence-corrected chi connectivity index (χ0v) is 10.9. The first-order valence-corrected chi connectivity index (χ1v) is 6.26. The Kier molecular flexibility index (Phi) is 4.18. The van der Waals surface area contributed by atoms with Gasteiger partial charge in [-0.3, -0.25) is 4.79 Å². The average Bonchev–Trinajstić information content (AvgIpc) is 2.42. The molecule has 0 aliphatic rings. The van der Waals surface area contributed by atoms with E-state index in [4.69, 9.17) is 11.6 Å². The summed E-state index contributed by atoms with van der Waals surface area (Å²) >= 11 is 5.19. The van der Waals surface area contributed by atoms with E-state index in [-0.39, 0.29) is 5.56 Å². The van der Waals surface area contributed by atoms with Gasteiger partial charge in [-0.15, -0.1) is 11.6 Å². The Bertz CT molecular complexity index is 625. The summed E-state index contributed by atoms with van der Waals surface area (Å²) in [5.41, 5.74) is -0.130. The standard InChI is InChI=1S/C14H10ClF3O2/c15-8-12(19)20-13(14(16,17)18)11-6-5-9-3-1-2-4-10(9)7-11/h1-7,13H,8H2. The highest BCUT2D eigenvalue weighted by Gasteiger charge is 2.44. The van der Waals surface area contributed by atoms with Crippen molar-refractivity contribution in [1.82, 2.24) is 0 Å². The number of alkyl halides is 4. The van der Waals surface area contributed by atoms with Crippen molar-refractivity contribution in [3.8, 4) is 0 Å². The molecule has 0 radical (unpaired) electrons. The number of hydrogen-bond donors (Lipinski definition) is 0. The molecule has 0 heterocycles. The topological polar surface area (TPSA) is 26.3 Å². The molecule has 2 aromatic carbocycles. The van der Waals surface area contributed by atoms with E-state index in [0.29, 0.717) is 5.39 Å². The van der Waals surface area contributed by atoms with E-state index in [2.05, 4.69) is 4.74 Å². The average molecular weight is 303 g/mol. The summed E-state index contributed by atoms with van der Waals surface area (Å²) in [6.45, 7) is 0. The zero-order valence-electron chi connectivity index (χ0n) is 10.2. The fraction of sp³-hybridized carbons (Fsp3) is 0.214. The molecule has 0 aromatic heterocycles. The number of benzene rings is 2. The highest BCUT2D eigenvalue weighted by Crippen LogP contribution is 2.37. The van der Waals surface area contributed by atoms with Crippen molar-refractivity contribution < 1.29 is 22.7 Å². The monoisotopic (exact) mass is 302 g/mol. The van der Waals surface area contributed by atoms with Gasteiger partial charge in [0.1, 0.15) is 5.88 Å². The van der Waals surface area contributed by atoms with Crippen molar-refractivity contribution in [2.24, 2.45) is 0 Å². The van der Waals surface area contributed by atoms with E-state index in [0.717, 1.165) is 5.39 Å². The van der Waals surface area contributed by atoms with E-state index >= 15 is 0 Å². The lowest BCUT2D eigenvalue weighted by Gasteiger charge is -2.21. The lowest BCUT2D eigenvalue weighted by atomic mass is 10.0. The largest absolute Gasteiger partial charge is 0.447 e. The number of fused-ring (bicyclic) bond motifs is 1. The van der Waals surface area contributed by atoms with Gasteiger partial charge in [0.15, 0.2) is 0 Å². The number of esters is 1. The summed E-state index contributed by atoms with van der Waals surface area (Å²) in [4.78, 5) is 11.1. The number of halogens is 4. The van der Waals surface area contributed by atoms with Gasteiger partial charge in [-0.25, -0.2) is 0 Å². The number of ether oxygens (including phenoxy) is 1. The van der Waals surface area contributed by atoms with Crippen LogP contribution in [0.25, 0.3) is 10.8 Å². The molecule has 1 unspecified atom stereocenters. The SMILES string of the molecule is O=C(CCl)OC(c1ccc2ccccc2c1)C(F)(F)F. The normalized spacial score (nSPS) is 13.2. The summed E-state index contributed by atoms with van der Waals surface area (Å²) < 4.78 is 43.3. The summed E-state index contributed by atoms with van der Waals surface area (Å²) in [5, 5.41) is 1.45. The Labute approximate surface area is 118 Å². The van der Waals surface area contributed by atoms with Crippen molar-refractivity contribution in [2.45, 2.75) is 12.3 Å². The highest BCUT2D eigenvalue weighted by molar-refractivity contribution is 6.26. The molecule has 0 saturated carbocycles. The minimum atomic E-state index is -4.69. The summed E-state index contributed by atoms with van der Waals surface area (Å²) in [7, 11) is 0. The van der Waals surface area contributed by atoms with E-state index in [1.165, 1.54) is 12.1 Å². The third-order valence-corrected chi connectivity index (χ3v) is 2.95. The second-order valence-electron chi connectivity index (χ2n) is 4.15. The molecule has 20 heavy (non-hydrogen) atoms. The first-order chi connectivity index (χ1) is 9.41. The van der Waals surface area contributed by atoms with Crippen molar-refractivity contribution in [1.29, 1.82) is 0 Å². The first-order valence-electron chi connectivity index (χ1n) is 5.72. The molecule has 0 aliphatic heterocycles. The molecule has 1 atom stereocenters. The summed E-state index contributed by atoms with van der Waals surface area (Å²) in [6, 6.07) is 11.2. The molecule has 0 spiro atoms.